The molecule has 0 radical (unpaired) electrons. The van der Waals surface area contributed by atoms with Crippen molar-refractivity contribution in [2.75, 3.05) is 13.1 Å². The Morgan fingerprint density at radius 3 is 2.67 bits per heavy atom. The molecule has 7 heteroatoms. The van der Waals surface area contributed by atoms with Crippen molar-refractivity contribution in [3.8, 4) is 22.5 Å². The Morgan fingerprint density at radius 1 is 1.12 bits per heavy atom. The minimum absolute atomic E-state index is 0.142. The number of H-pyrrole nitrogens is 1. The fourth-order valence-electron chi connectivity index (χ4n) is 4.87. The number of carbonyl (C=O) groups is 1. The first-order valence-electron chi connectivity index (χ1n) is 11.5. The van der Waals surface area contributed by atoms with Gasteiger partial charge in [-0.25, -0.2) is 9.89 Å². The van der Waals surface area contributed by atoms with Crippen molar-refractivity contribution in [3.63, 3.8) is 0 Å². The van der Waals surface area contributed by atoms with Crippen LogP contribution in [0.25, 0.3) is 33.5 Å². The fraction of sp³-hybridized carbons (Fsp3) is 0.346. The number of rotatable bonds is 5. The summed E-state index contributed by atoms with van der Waals surface area (Å²) in [4.78, 5) is 27.2. The van der Waals surface area contributed by atoms with Crippen molar-refractivity contribution < 1.29 is 9.21 Å². The quantitative estimate of drug-likeness (QED) is 0.499. The van der Waals surface area contributed by atoms with E-state index in [9.17, 15) is 9.59 Å². The second-order valence-corrected chi connectivity index (χ2v) is 9.68. The summed E-state index contributed by atoms with van der Waals surface area (Å²) in [7, 11) is 0. The number of benzene rings is 2. The Kier molecular flexibility index (Phi) is 4.54. The maximum atomic E-state index is 12.7. The van der Waals surface area contributed by atoms with Gasteiger partial charge in [0, 0.05) is 36.0 Å². The van der Waals surface area contributed by atoms with Crippen LogP contribution >= 0.6 is 0 Å². The van der Waals surface area contributed by atoms with Crippen LogP contribution in [0.15, 0.2) is 64.0 Å². The minimum Gasteiger partial charge on any atom is -0.464 e. The lowest BCUT2D eigenvalue weighted by Gasteiger charge is -2.20. The van der Waals surface area contributed by atoms with E-state index in [-0.39, 0.29) is 22.9 Å². The Labute approximate surface area is 191 Å². The molecule has 0 unspecified atom stereocenters. The standard InChI is InChI=1S/C26H26N4O3/c1-26(10-11-26)24(31)29-12-8-17(15-29)16-30-23(27-28-25(30)32)19-4-2-18(3-5-19)20-6-7-22-21(14-20)9-13-33-22/h2-7,9,13-14,17H,8,10-12,15-16H2,1H3,(H,28,32)/t17-/m1/s1. The molecule has 3 heterocycles. The van der Waals surface area contributed by atoms with E-state index < -0.39 is 0 Å². The Morgan fingerprint density at radius 2 is 1.88 bits per heavy atom. The van der Waals surface area contributed by atoms with E-state index in [1.54, 1.807) is 10.8 Å². The van der Waals surface area contributed by atoms with E-state index in [2.05, 4.69) is 23.2 Å². The van der Waals surface area contributed by atoms with Crippen molar-refractivity contribution in [1.29, 1.82) is 0 Å². The lowest BCUT2D eigenvalue weighted by Crippen LogP contribution is -2.35. The molecule has 1 atom stereocenters. The Hall–Kier alpha value is -3.61. The molecule has 4 aromatic rings. The summed E-state index contributed by atoms with van der Waals surface area (Å²) in [6.45, 7) is 4.10. The highest BCUT2D eigenvalue weighted by Crippen LogP contribution is 2.47. The number of carbonyl (C=O) groups excluding carboxylic acids is 1. The molecule has 1 N–H and O–H groups in total. The van der Waals surface area contributed by atoms with Crippen molar-refractivity contribution in [2.24, 2.45) is 11.3 Å². The third-order valence-corrected chi connectivity index (χ3v) is 7.22. The van der Waals surface area contributed by atoms with Crippen LogP contribution in [0.2, 0.25) is 0 Å². The maximum absolute atomic E-state index is 12.7. The van der Waals surface area contributed by atoms with Crippen molar-refractivity contribution >= 4 is 16.9 Å². The number of fused-ring (bicyclic) bond motifs is 1. The second-order valence-electron chi connectivity index (χ2n) is 9.68. The number of likely N-dealkylation sites (tertiary alicyclic amines) is 1. The highest BCUT2D eigenvalue weighted by molar-refractivity contribution is 5.85. The van der Waals surface area contributed by atoms with Gasteiger partial charge in [0.2, 0.25) is 5.91 Å². The van der Waals surface area contributed by atoms with Gasteiger partial charge in [-0.1, -0.05) is 37.3 Å². The van der Waals surface area contributed by atoms with Crippen LogP contribution in [0.1, 0.15) is 26.2 Å². The van der Waals surface area contributed by atoms with Crippen LogP contribution in [-0.2, 0) is 11.3 Å². The number of hydrogen-bond acceptors (Lipinski definition) is 4. The normalized spacial score (nSPS) is 19.3. The Balaban J connectivity index is 1.21. The van der Waals surface area contributed by atoms with Gasteiger partial charge in [-0.3, -0.25) is 9.36 Å². The zero-order valence-corrected chi connectivity index (χ0v) is 18.6. The number of aromatic nitrogens is 3. The Bertz CT molecular complexity index is 1390. The van der Waals surface area contributed by atoms with E-state index in [1.165, 1.54) is 0 Å². The van der Waals surface area contributed by atoms with Gasteiger partial charge in [0.1, 0.15) is 5.58 Å². The predicted octanol–water partition coefficient (Wildman–Crippen LogP) is 4.30. The van der Waals surface area contributed by atoms with Gasteiger partial charge in [-0.15, -0.1) is 0 Å². The highest BCUT2D eigenvalue weighted by Gasteiger charge is 2.48. The van der Waals surface area contributed by atoms with E-state index in [0.717, 1.165) is 53.5 Å². The molecule has 6 rings (SSSR count). The van der Waals surface area contributed by atoms with Gasteiger partial charge in [-0.2, -0.15) is 5.10 Å². The summed E-state index contributed by atoms with van der Waals surface area (Å²) < 4.78 is 7.14. The average molecular weight is 443 g/mol. The summed E-state index contributed by atoms with van der Waals surface area (Å²) in [5.41, 5.74) is 3.60. The van der Waals surface area contributed by atoms with Crippen molar-refractivity contribution in [3.05, 3.63) is 65.3 Å². The van der Waals surface area contributed by atoms with Gasteiger partial charge >= 0.3 is 5.69 Å². The third-order valence-electron chi connectivity index (χ3n) is 7.22. The molecule has 1 saturated carbocycles. The lowest BCUT2D eigenvalue weighted by atomic mass is 10.0. The van der Waals surface area contributed by atoms with E-state index in [0.29, 0.717) is 18.9 Å². The molecule has 33 heavy (non-hydrogen) atoms. The SMILES string of the molecule is CC1(C(=O)N2CC[C@@H](Cn3c(-c4ccc(-c5ccc6occc6c5)cc4)n[nH]c3=O)C2)CC1. The zero-order valence-electron chi connectivity index (χ0n) is 18.6. The third kappa shape index (κ3) is 3.57. The van der Waals surface area contributed by atoms with Gasteiger partial charge in [-0.05, 0) is 54.5 Å². The first-order valence-corrected chi connectivity index (χ1v) is 11.5. The summed E-state index contributed by atoms with van der Waals surface area (Å²) in [6.07, 6.45) is 4.59. The molecule has 1 aliphatic heterocycles. The average Bonchev–Trinajstić information content (AvgIpc) is 3.19. The first-order chi connectivity index (χ1) is 16.0. The molecule has 1 aliphatic carbocycles. The predicted molar refractivity (Wildman–Crippen MR) is 126 cm³/mol. The molecule has 2 aliphatic rings. The molecule has 2 fully saturated rings. The minimum atomic E-state index is -0.210. The molecule has 1 amide bonds. The molecular weight excluding hydrogens is 416 g/mol. The largest absolute Gasteiger partial charge is 0.464 e. The number of hydrogen-bond donors (Lipinski definition) is 1. The van der Waals surface area contributed by atoms with Crippen LogP contribution in [0.3, 0.4) is 0 Å². The van der Waals surface area contributed by atoms with E-state index in [1.807, 2.05) is 47.4 Å². The van der Waals surface area contributed by atoms with Gasteiger partial charge in [0.05, 0.1) is 6.26 Å². The number of aromatic amines is 1. The van der Waals surface area contributed by atoms with E-state index >= 15 is 0 Å². The smallest absolute Gasteiger partial charge is 0.343 e. The van der Waals surface area contributed by atoms with Crippen molar-refractivity contribution in [1.82, 2.24) is 19.7 Å². The molecule has 0 bridgehead atoms. The molecule has 2 aromatic heterocycles. The summed E-state index contributed by atoms with van der Waals surface area (Å²) in [5.74, 6) is 1.16. The lowest BCUT2D eigenvalue weighted by molar-refractivity contribution is -0.135. The molecule has 1 saturated heterocycles. The number of nitrogens with one attached hydrogen (secondary N) is 1. The monoisotopic (exact) mass is 442 g/mol. The van der Waals surface area contributed by atoms with Gasteiger partial charge < -0.3 is 9.32 Å². The number of furan rings is 1. The summed E-state index contributed by atoms with van der Waals surface area (Å²) in [6, 6.07) is 16.2. The molecular formula is C26H26N4O3. The van der Waals surface area contributed by atoms with Gasteiger partial charge in [0.25, 0.3) is 0 Å². The molecule has 7 nitrogen and oxygen atoms in total. The number of amides is 1. The molecule has 2 aromatic carbocycles. The zero-order chi connectivity index (χ0) is 22.6. The van der Waals surface area contributed by atoms with Gasteiger partial charge in [0.15, 0.2) is 5.82 Å². The van der Waals surface area contributed by atoms with E-state index in [4.69, 9.17) is 4.42 Å². The molecule has 0 spiro atoms. The van der Waals surface area contributed by atoms with Crippen LogP contribution in [-0.4, -0.2) is 38.7 Å². The first kappa shape index (κ1) is 20.0. The van der Waals surface area contributed by atoms with Crippen molar-refractivity contribution in [2.45, 2.75) is 32.7 Å². The van der Waals surface area contributed by atoms with Crippen LogP contribution in [0.5, 0.6) is 0 Å². The summed E-state index contributed by atoms with van der Waals surface area (Å²) in [5, 5.41) is 7.98. The highest BCUT2D eigenvalue weighted by atomic mass is 16.3. The second kappa shape index (κ2) is 7.47. The molecule has 168 valence electrons. The van der Waals surface area contributed by atoms with Crippen LogP contribution in [0, 0.1) is 11.3 Å². The topological polar surface area (TPSA) is 84.1 Å². The maximum Gasteiger partial charge on any atom is 0.343 e. The summed E-state index contributed by atoms with van der Waals surface area (Å²) >= 11 is 0. The van der Waals surface area contributed by atoms with Crippen LogP contribution in [0.4, 0.5) is 0 Å². The van der Waals surface area contributed by atoms with Crippen LogP contribution < -0.4 is 5.69 Å². The fourth-order valence-corrected chi connectivity index (χ4v) is 4.87. The number of nitrogens with zero attached hydrogens (tertiary/aromatic N) is 3.